The van der Waals surface area contributed by atoms with Gasteiger partial charge in [-0.3, -0.25) is 5.10 Å². The number of anilines is 2. The summed E-state index contributed by atoms with van der Waals surface area (Å²) < 4.78 is 0. The van der Waals surface area contributed by atoms with Crippen molar-refractivity contribution in [3.63, 3.8) is 0 Å². The van der Waals surface area contributed by atoms with Crippen molar-refractivity contribution in [3.8, 4) is 0 Å². The van der Waals surface area contributed by atoms with E-state index in [4.69, 9.17) is 16.6 Å². The van der Waals surface area contributed by atoms with Gasteiger partial charge in [0, 0.05) is 28.0 Å². The summed E-state index contributed by atoms with van der Waals surface area (Å²) in [4.78, 5) is 10.3. The van der Waals surface area contributed by atoms with Crippen LogP contribution in [0.15, 0.2) is 64.6 Å². The van der Waals surface area contributed by atoms with Crippen molar-refractivity contribution in [2.24, 2.45) is 0 Å². The van der Waals surface area contributed by atoms with Crippen molar-refractivity contribution >= 4 is 45.9 Å². The Morgan fingerprint density at radius 1 is 1.04 bits per heavy atom. The van der Waals surface area contributed by atoms with E-state index in [2.05, 4.69) is 26.6 Å². The molecule has 0 saturated heterocycles. The Balaban J connectivity index is 1.52. The van der Waals surface area contributed by atoms with Crippen molar-refractivity contribution in [1.29, 1.82) is 0 Å². The van der Waals surface area contributed by atoms with Gasteiger partial charge < -0.3 is 5.32 Å². The number of nitrogens with zero attached hydrogens (tertiary/aromatic N) is 3. The zero-order valence-electron chi connectivity index (χ0n) is 14.3. The van der Waals surface area contributed by atoms with Crippen LogP contribution < -0.4 is 5.32 Å². The molecule has 1 aliphatic rings. The van der Waals surface area contributed by atoms with Gasteiger partial charge in [0.25, 0.3) is 0 Å². The van der Waals surface area contributed by atoms with Gasteiger partial charge in [0.15, 0.2) is 11.0 Å². The van der Waals surface area contributed by atoms with Crippen molar-refractivity contribution in [2.75, 3.05) is 5.32 Å². The molecule has 2 aromatic carbocycles. The third kappa shape index (κ3) is 3.50. The van der Waals surface area contributed by atoms with Crippen LogP contribution in [0, 0.1) is 0 Å². The Hall–Kier alpha value is -2.57. The van der Waals surface area contributed by atoms with Crippen LogP contribution in [0.3, 0.4) is 0 Å². The molecule has 5 nitrogen and oxygen atoms in total. The highest BCUT2D eigenvalue weighted by Gasteiger charge is 2.25. The molecule has 2 heterocycles. The lowest BCUT2D eigenvalue weighted by molar-refractivity contribution is 0.964. The van der Waals surface area contributed by atoms with Crippen LogP contribution >= 0.6 is 23.4 Å². The van der Waals surface area contributed by atoms with E-state index in [1.54, 1.807) is 0 Å². The Labute approximate surface area is 165 Å². The molecule has 134 valence electrons. The molecule has 0 bridgehead atoms. The number of fused-ring (bicyclic) bond motifs is 1. The number of aromatic nitrogens is 4. The van der Waals surface area contributed by atoms with E-state index in [1.807, 2.05) is 48.5 Å². The van der Waals surface area contributed by atoms with Crippen LogP contribution in [0.1, 0.15) is 24.5 Å². The zero-order valence-corrected chi connectivity index (χ0v) is 15.9. The first kappa shape index (κ1) is 16.6. The summed E-state index contributed by atoms with van der Waals surface area (Å²) in [6.45, 7) is 0. The van der Waals surface area contributed by atoms with Gasteiger partial charge in [-0.15, -0.1) is 0 Å². The molecule has 0 aliphatic heterocycles. The first-order chi connectivity index (χ1) is 13.3. The molecule has 4 aromatic rings. The summed E-state index contributed by atoms with van der Waals surface area (Å²) in [5, 5.41) is 13.1. The van der Waals surface area contributed by atoms with Crippen LogP contribution in [0.25, 0.3) is 10.9 Å². The first-order valence-corrected chi connectivity index (χ1v) is 9.97. The van der Waals surface area contributed by atoms with E-state index in [-0.39, 0.29) is 0 Å². The maximum absolute atomic E-state index is 6.29. The number of benzene rings is 2. The van der Waals surface area contributed by atoms with Crippen molar-refractivity contribution < 1.29 is 0 Å². The lowest BCUT2D eigenvalue weighted by Gasteiger charge is -2.09. The number of aromatic amines is 1. The smallest absolute Gasteiger partial charge is 0.195 e. The zero-order chi connectivity index (χ0) is 18.2. The third-order valence-electron chi connectivity index (χ3n) is 4.48. The monoisotopic (exact) mass is 393 g/mol. The van der Waals surface area contributed by atoms with Crippen LogP contribution in [0.5, 0.6) is 0 Å². The molecule has 1 saturated carbocycles. The molecule has 27 heavy (non-hydrogen) atoms. The van der Waals surface area contributed by atoms with E-state index in [0.717, 1.165) is 27.4 Å². The second-order valence-corrected chi connectivity index (χ2v) is 7.93. The van der Waals surface area contributed by atoms with E-state index in [9.17, 15) is 0 Å². The van der Waals surface area contributed by atoms with Crippen LogP contribution in [0.4, 0.5) is 11.6 Å². The molecular weight excluding hydrogens is 378 g/mol. The summed E-state index contributed by atoms with van der Waals surface area (Å²) in [5.41, 5.74) is 2.06. The normalized spacial score (nSPS) is 13.8. The number of hydrogen-bond donors (Lipinski definition) is 2. The predicted molar refractivity (Wildman–Crippen MR) is 109 cm³/mol. The molecule has 0 amide bonds. The number of halogens is 1. The Morgan fingerprint density at radius 2 is 1.85 bits per heavy atom. The summed E-state index contributed by atoms with van der Waals surface area (Å²) in [6.07, 6.45) is 2.47. The Morgan fingerprint density at radius 3 is 2.70 bits per heavy atom. The van der Waals surface area contributed by atoms with Gasteiger partial charge in [-0.1, -0.05) is 35.9 Å². The highest BCUT2D eigenvalue weighted by Crippen LogP contribution is 2.40. The highest BCUT2D eigenvalue weighted by molar-refractivity contribution is 7.99. The van der Waals surface area contributed by atoms with Crippen molar-refractivity contribution in [3.05, 3.63) is 65.3 Å². The lowest BCUT2D eigenvalue weighted by Crippen LogP contribution is -1.99. The maximum Gasteiger partial charge on any atom is 0.195 e. The fourth-order valence-corrected chi connectivity index (χ4v) is 3.99. The lowest BCUT2D eigenvalue weighted by atomic mass is 10.2. The molecule has 7 heteroatoms. The van der Waals surface area contributed by atoms with Gasteiger partial charge in [0.1, 0.15) is 5.82 Å². The number of H-pyrrole nitrogens is 1. The van der Waals surface area contributed by atoms with Crippen LogP contribution in [-0.4, -0.2) is 20.2 Å². The van der Waals surface area contributed by atoms with Gasteiger partial charge >= 0.3 is 0 Å². The van der Waals surface area contributed by atoms with E-state index in [0.29, 0.717) is 16.1 Å². The summed E-state index contributed by atoms with van der Waals surface area (Å²) in [6, 6.07) is 17.7. The van der Waals surface area contributed by atoms with Crippen molar-refractivity contribution in [2.45, 2.75) is 28.8 Å². The fourth-order valence-electron chi connectivity index (χ4n) is 2.95. The minimum Gasteiger partial charge on any atom is -0.323 e. The average molecular weight is 394 g/mol. The van der Waals surface area contributed by atoms with Gasteiger partial charge in [-0.05, 0) is 48.9 Å². The van der Waals surface area contributed by atoms with Gasteiger partial charge in [0.05, 0.1) is 10.5 Å². The fraction of sp³-hybridized carbons (Fsp3) is 0.150. The largest absolute Gasteiger partial charge is 0.323 e. The first-order valence-electron chi connectivity index (χ1n) is 8.78. The molecule has 5 rings (SSSR count). The molecule has 0 spiro atoms. The second-order valence-electron chi connectivity index (χ2n) is 6.51. The molecular formula is C20H16ClN5S. The maximum atomic E-state index is 6.29. The highest BCUT2D eigenvalue weighted by atomic mass is 35.5. The number of nitrogens with one attached hydrogen (secondary N) is 2. The topological polar surface area (TPSA) is 66.5 Å². The summed E-state index contributed by atoms with van der Waals surface area (Å²) in [7, 11) is 0. The summed E-state index contributed by atoms with van der Waals surface area (Å²) in [5.74, 6) is 2.14. The molecule has 0 unspecified atom stereocenters. The minimum atomic E-state index is 0.626. The number of rotatable bonds is 5. The molecule has 2 aromatic heterocycles. The minimum absolute atomic E-state index is 0.626. The number of hydrogen-bond acceptors (Lipinski definition) is 5. The van der Waals surface area contributed by atoms with Crippen molar-refractivity contribution in [1.82, 2.24) is 20.2 Å². The second kappa shape index (κ2) is 6.87. The average Bonchev–Trinajstić information content (AvgIpc) is 3.43. The quantitative estimate of drug-likeness (QED) is 0.421. The van der Waals surface area contributed by atoms with Gasteiger partial charge in [-0.25, -0.2) is 9.97 Å². The van der Waals surface area contributed by atoms with E-state index < -0.39 is 0 Å². The van der Waals surface area contributed by atoms with E-state index in [1.165, 1.54) is 30.3 Å². The van der Waals surface area contributed by atoms with E-state index >= 15 is 0 Å². The summed E-state index contributed by atoms with van der Waals surface area (Å²) >= 11 is 7.75. The Bertz CT molecular complexity index is 1120. The molecule has 1 aliphatic carbocycles. The predicted octanol–water partition coefficient (Wildman–Crippen LogP) is 5.78. The van der Waals surface area contributed by atoms with Gasteiger partial charge in [0.2, 0.25) is 0 Å². The standard InChI is InChI=1S/C20H16ClN5S/c21-14-6-2-4-8-17(14)27-20-22-15-7-3-1-5-13(15)19(24-20)23-18-11-16(25-26-18)12-9-10-12/h1-8,11-12H,9-10H2,(H2,22,23,24,25,26). The Kier molecular flexibility index (Phi) is 4.22. The SMILES string of the molecule is Clc1ccccc1Sc1nc(Nc2cc(C3CC3)[nH]n2)c2ccccc2n1. The third-order valence-corrected chi connectivity index (χ3v) is 5.86. The van der Waals surface area contributed by atoms with Gasteiger partial charge in [-0.2, -0.15) is 5.10 Å². The number of para-hydroxylation sites is 1. The molecule has 2 N–H and O–H groups in total. The molecule has 0 atom stereocenters. The molecule has 0 radical (unpaired) electrons. The van der Waals surface area contributed by atoms with Crippen LogP contribution in [0.2, 0.25) is 5.02 Å². The van der Waals surface area contributed by atoms with Crippen LogP contribution in [-0.2, 0) is 0 Å². The molecule has 1 fully saturated rings.